The predicted molar refractivity (Wildman–Crippen MR) is 165 cm³/mol. The number of hydrogen-bond acceptors (Lipinski definition) is 6. The van der Waals surface area contributed by atoms with E-state index in [0.717, 1.165) is 11.3 Å². The Hall–Kier alpha value is -5.37. The summed E-state index contributed by atoms with van der Waals surface area (Å²) >= 11 is 0. The van der Waals surface area contributed by atoms with E-state index in [2.05, 4.69) is 10.6 Å². The van der Waals surface area contributed by atoms with Crippen LogP contribution in [0.2, 0.25) is 0 Å². The third kappa shape index (κ3) is 3.86. The highest BCUT2D eigenvalue weighted by molar-refractivity contribution is 6.17. The lowest BCUT2D eigenvalue weighted by molar-refractivity contribution is -0.122. The van der Waals surface area contributed by atoms with Gasteiger partial charge in [-0.3, -0.25) is 14.4 Å². The largest absolute Gasteiger partial charge is 0.493 e. The maximum Gasteiger partial charge on any atom is 0.247 e. The molecule has 1 spiro atoms. The summed E-state index contributed by atoms with van der Waals surface area (Å²) in [6, 6.07) is 27.6. The highest BCUT2D eigenvalue weighted by Crippen LogP contribution is 2.57. The molecule has 0 saturated carbocycles. The number of rotatable bonds is 6. The van der Waals surface area contributed by atoms with Crippen LogP contribution in [-0.2, 0) is 15.0 Å². The number of hydrogen-bond donors (Lipinski definition) is 2. The van der Waals surface area contributed by atoms with Gasteiger partial charge < -0.3 is 25.0 Å². The van der Waals surface area contributed by atoms with Gasteiger partial charge in [-0.05, 0) is 53.6 Å². The molecular weight excluding hydrogens is 542 g/mol. The molecule has 3 aliphatic heterocycles. The third-order valence-electron chi connectivity index (χ3n) is 8.80. The maximum atomic E-state index is 14.9. The molecule has 4 atom stereocenters. The van der Waals surface area contributed by atoms with Gasteiger partial charge in [0.05, 0.1) is 26.2 Å². The number of nitrogens with one attached hydrogen (secondary N) is 2. The van der Waals surface area contributed by atoms with E-state index < -0.39 is 23.4 Å². The van der Waals surface area contributed by atoms with Gasteiger partial charge in [-0.25, -0.2) is 0 Å². The first-order chi connectivity index (χ1) is 21.0. The molecule has 2 N–H and O–H groups in total. The van der Waals surface area contributed by atoms with Crippen LogP contribution in [0, 0.1) is 5.92 Å². The number of Topliss-reactive ketones (excluding diaryl/α,β-unsaturated/α-hetero) is 1. The van der Waals surface area contributed by atoms with Crippen LogP contribution < -0.4 is 25.0 Å². The van der Waals surface area contributed by atoms with Crippen molar-refractivity contribution in [3.63, 3.8) is 0 Å². The van der Waals surface area contributed by atoms with Crippen LogP contribution in [-0.4, -0.2) is 43.9 Å². The lowest BCUT2D eigenvalue weighted by Gasteiger charge is -2.37. The van der Waals surface area contributed by atoms with Crippen molar-refractivity contribution in [1.29, 1.82) is 0 Å². The second-order valence-electron chi connectivity index (χ2n) is 10.9. The summed E-state index contributed by atoms with van der Waals surface area (Å²) in [5, 5.41) is 6.08. The number of carbonyl (C=O) groups is 3. The average Bonchev–Trinajstić information content (AvgIpc) is 3.53. The lowest BCUT2D eigenvalue weighted by atomic mass is 9.64. The first-order valence-corrected chi connectivity index (χ1v) is 14.1. The molecule has 0 radical (unpaired) electrons. The molecule has 0 bridgehead atoms. The summed E-state index contributed by atoms with van der Waals surface area (Å²) in [6.07, 6.45) is 3.93. The van der Waals surface area contributed by atoms with Crippen LogP contribution in [0.4, 0.5) is 17.1 Å². The molecule has 3 heterocycles. The Balaban J connectivity index is 1.48. The van der Waals surface area contributed by atoms with Gasteiger partial charge in [0.25, 0.3) is 0 Å². The Morgan fingerprint density at radius 2 is 1.58 bits per heavy atom. The Kier molecular flexibility index (Phi) is 6.27. The highest BCUT2D eigenvalue weighted by Gasteiger charge is 2.70. The van der Waals surface area contributed by atoms with E-state index >= 15 is 0 Å². The number of anilines is 3. The first kappa shape index (κ1) is 26.5. The van der Waals surface area contributed by atoms with Crippen molar-refractivity contribution < 1.29 is 23.9 Å². The molecule has 3 aliphatic rings. The minimum atomic E-state index is -1.40. The molecular formula is C35H29N3O5. The summed E-state index contributed by atoms with van der Waals surface area (Å²) < 4.78 is 10.9. The SMILES string of the molecule is COc1ccc(C(=O)C2C(C(=O)Nc3ccccc3)N3c4ccccc4C=CC3C23C(=O)Nc2ccccc23)cc1OC. The molecule has 8 heteroatoms. The van der Waals surface area contributed by atoms with Gasteiger partial charge in [-0.1, -0.05) is 66.7 Å². The molecule has 1 saturated heterocycles. The molecule has 4 aromatic rings. The second-order valence-corrected chi connectivity index (χ2v) is 10.9. The smallest absolute Gasteiger partial charge is 0.247 e. The van der Waals surface area contributed by atoms with Gasteiger partial charge in [0, 0.05) is 22.6 Å². The van der Waals surface area contributed by atoms with Crippen molar-refractivity contribution in [1.82, 2.24) is 0 Å². The number of benzene rings is 4. The zero-order valence-electron chi connectivity index (χ0n) is 23.6. The minimum Gasteiger partial charge on any atom is -0.493 e. The fourth-order valence-electron chi connectivity index (χ4n) is 7.03. The number of carbonyl (C=O) groups excluding carboxylic acids is 3. The third-order valence-corrected chi connectivity index (χ3v) is 8.80. The number of ketones is 1. The van der Waals surface area contributed by atoms with Gasteiger partial charge in [-0.15, -0.1) is 0 Å². The number of ether oxygens (including phenoxy) is 2. The van der Waals surface area contributed by atoms with Crippen LogP contribution in [0.5, 0.6) is 11.5 Å². The molecule has 1 fully saturated rings. The van der Waals surface area contributed by atoms with Crippen LogP contribution in [0.15, 0.2) is 103 Å². The summed E-state index contributed by atoms with van der Waals surface area (Å²) in [6.45, 7) is 0. The molecule has 0 aliphatic carbocycles. The van der Waals surface area contributed by atoms with E-state index in [1.807, 2.05) is 83.8 Å². The summed E-state index contributed by atoms with van der Waals surface area (Å²) in [4.78, 5) is 45.8. The van der Waals surface area contributed by atoms with Crippen molar-refractivity contribution >= 4 is 40.7 Å². The first-order valence-electron chi connectivity index (χ1n) is 14.1. The zero-order valence-corrected chi connectivity index (χ0v) is 23.6. The molecule has 2 amide bonds. The van der Waals surface area contributed by atoms with Crippen LogP contribution in [0.25, 0.3) is 6.08 Å². The maximum absolute atomic E-state index is 14.9. The fourth-order valence-corrected chi connectivity index (χ4v) is 7.03. The van der Waals surface area contributed by atoms with E-state index in [1.54, 1.807) is 30.3 Å². The van der Waals surface area contributed by atoms with Crippen molar-refractivity contribution in [2.75, 3.05) is 29.8 Å². The van der Waals surface area contributed by atoms with Crippen molar-refractivity contribution in [3.8, 4) is 11.5 Å². The van der Waals surface area contributed by atoms with Crippen molar-refractivity contribution in [3.05, 3.63) is 120 Å². The van der Waals surface area contributed by atoms with Gasteiger partial charge >= 0.3 is 0 Å². The topological polar surface area (TPSA) is 97.0 Å². The Bertz CT molecular complexity index is 1800. The number of fused-ring (bicyclic) bond motifs is 6. The predicted octanol–water partition coefficient (Wildman–Crippen LogP) is 5.32. The summed E-state index contributed by atoms with van der Waals surface area (Å²) in [5.41, 5.74) is 2.51. The molecule has 0 aromatic heterocycles. The lowest BCUT2D eigenvalue weighted by Crippen LogP contribution is -2.51. The van der Waals surface area contributed by atoms with Gasteiger partial charge in [0.2, 0.25) is 11.8 Å². The molecule has 4 aromatic carbocycles. The molecule has 214 valence electrons. The highest BCUT2D eigenvalue weighted by atomic mass is 16.5. The minimum absolute atomic E-state index is 0.314. The fraction of sp³-hybridized carbons (Fsp3) is 0.171. The number of para-hydroxylation sites is 3. The van der Waals surface area contributed by atoms with Gasteiger partial charge in [-0.2, -0.15) is 0 Å². The van der Waals surface area contributed by atoms with Crippen LogP contribution in [0.3, 0.4) is 0 Å². The van der Waals surface area contributed by atoms with E-state index in [0.29, 0.717) is 34.0 Å². The van der Waals surface area contributed by atoms with Gasteiger partial charge in [0.1, 0.15) is 11.5 Å². The van der Waals surface area contributed by atoms with E-state index in [-0.39, 0.29) is 17.6 Å². The van der Waals surface area contributed by atoms with Crippen molar-refractivity contribution in [2.45, 2.75) is 17.5 Å². The second kappa shape index (κ2) is 10.2. The Morgan fingerprint density at radius 1 is 0.860 bits per heavy atom. The van der Waals surface area contributed by atoms with Gasteiger partial charge in [0.15, 0.2) is 17.3 Å². The quantitative estimate of drug-likeness (QED) is 0.304. The van der Waals surface area contributed by atoms with E-state index in [4.69, 9.17) is 9.47 Å². The average molecular weight is 572 g/mol. The Morgan fingerprint density at radius 3 is 2.37 bits per heavy atom. The Labute approximate surface area is 248 Å². The normalized spacial score (nSPS) is 22.8. The molecule has 43 heavy (non-hydrogen) atoms. The molecule has 4 unspecified atom stereocenters. The standard InChI is InChI=1S/C35H29N3O5/c1-42-27-18-16-22(20-28(27)43-2)32(39)30-31(33(40)36-23-11-4-3-5-12-23)38-26-15-9-6-10-21(26)17-19-29(38)35(30)24-13-7-8-14-25(24)37-34(35)41/h3-20,29-31H,1-2H3,(H,36,40)(H,37,41). The summed E-state index contributed by atoms with van der Waals surface area (Å²) in [7, 11) is 3.03. The molecule has 7 rings (SSSR count). The molecule has 8 nitrogen and oxygen atoms in total. The van der Waals surface area contributed by atoms with Crippen LogP contribution >= 0.6 is 0 Å². The number of nitrogens with zero attached hydrogens (tertiary/aromatic N) is 1. The van der Waals surface area contributed by atoms with Crippen molar-refractivity contribution in [2.24, 2.45) is 5.92 Å². The summed E-state index contributed by atoms with van der Waals surface area (Å²) in [5.74, 6) is -1.29. The zero-order chi connectivity index (χ0) is 29.7. The monoisotopic (exact) mass is 571 g/mol. The van der Waals surface area contributed by atoms with E-state index in [1.165, 1.54) is 14.2 Å². The van der Waals surface area contributed by atoms with E-state index in [9.17, 15) is 14.4 Å². The number of methoxy groups -OCH3 is 2. The van der Waals surface area contributed by atoms with Crippen LogP contribution in [0.1, 0.15) is 21.5 Å². The number of amides is 2.